The summed E-state index contributed by atoms with van der Waals surface area (Å²) in [6, 6.07) is 0. The van der Waals surface area contributed by atoms with Gasteiger partial charge in [-0.25, -0.2) is 0 Å². The average molecular weight is 569 g/mol. The number of ether oxygens (including phenoxy) is 2. The van der Waals surface area contributed by atoms with E-state index in [2.05, 4.69) is 148 Å². The quantitative estimate of drug-likeness (QED) is 0.157. The van der Waals surface area contributed by atoms with E-state index < -0.39 is 0 Å². The minimum Gasteiger partial charge on any atom is -0.359 e. The van der Waals surface area contributed by atoms with Crippen LogP contribution in [0.25, 0.3) is 0 Å². The zero-order valence-electron chi connectivity index (χ0n) is 28.1. The minimum atomic E-state index is -0.107. The second kappa shape index (κ2) is 12.3. The summed E-state index contributed by atoms with van der Waals surface area (Å²) in [6.07, 6.45) is 35.8. The van der Waals surface area contributed by atoms with Gasteiger partial charge in [0.05, 0.1) is 17.3 Å². The van der Waals surface area contributed by atoms with Crippen LogP contribution in [0.4, 0.5) is 0 Å². The molecule has 42 heavy (non-hydrogen) atoms. The zero-order chi connectivity index (χ0) is 30.8. The molecule has 2 saturated carbocycles. The van der Waals surface area contributed by atoms with Crippen LogP contribution < -0.4 is 0 Å². The summed E-state index contributed by atoms with van der Waals surface area (Å²) in [5.74, 6) is 0. The first kappa shape index (κ1) is 32.5. The van der Waals surface area contributed by atoms with Gasteiger partial charge in [0.1, 0.15) is 5.60 Å². The Bertz CT molecular complexity index is 1300. The molecule has 2 aliphatic heterocycles. The number of hydrogen-bond donors (Lipinski definition) is 0. The molecule has 0 aromatic rings. The number of hydrogen-bond acceptors (Lipinski definition) is 2. The molecule has 1 unspecified atom stereocenters. The van der Waals surface area contributed by atoms with Crippen molar-refractivity contribution < 1.29 is 9.47 Å². The van der Waals surface area contributed by atoms with E-state index in [4.69, 9.17) is 9.47 Å². The molecule has 4 atom stereocenters. The van der Waals surface area contributed by atoms with Crippen LogP contribution in [0.1, 0.15) is 108 Å². The summed E-state index contributed by atoms with van der Waals surface area (Å²) >= 11 is 0. The first-order chi connectivity index (χ1) is 19.6. The molecule has 228 valence electrons. The lowest BCUT2D eigenvalue weighted by Gasteiger charge is -2.42. The third-order valence-electron chi connectivity index (χ3n) is 10.3. The Balaban J connectivity index is 1.26. The van der Waals surface area contributed by atoms with Gasteiger partial charge >= 0.3 is 0 Å². The van der Waals surface area contributed by atoms with E-state index in [1.807, 2.05) is 0 Å². The second-order valence-corrected chi connectivity index (χ2v) is 15.0. The van der Waals surface area contributed by atoms with E-state index in [-0.39, 0.29) is 33.7 Å². The fraction of sp³-hybridized carbons (Fsp3) is 0.550. The molecule has 4 aliphatic rings. The highest BCUT2D eigenvalue weighted by Gasteiger charge is 2.73. The number of allylic oxidation sites excluding steroid dienone is 14. The molecule has 1 saturated heterocycles. The standard InChI is InChI=1S/C40H56O2/c1-30(19-13-20-32(3)23-28-40-37(7,8)25-16-27-39(40,10)42-40)17-11-12-18-31(2)21-14-22-33(4)34-29-35-36(5,6)24-15-26-38(35,9)41-34/h11-14,17-23,28-29,34H,15-16,24-27H2,1-10H3/b12-11+,19-13+,21-14+,28-23+,30-17+,31-18+,32-20+,33-22+/t34?,38-,39-,40+/m1/s1. The first-order valence-corrected chi connectivity index (χ1v) is 16.1. The van der Waals surface area contributed by atoms with Gasteiger partial charge in [-0.05, 0) is 109 Å². The van der Waals surface area contributed by atoms with Crippen molar-refractivity contribution in [3.05, 3.63) is 107 Å². The molecule has 2 aliphatic carbocycles. The van der Waals surface area contributed by atoms with E-state index in [0.717, 1.165) is 12.8 Å². The molecular weight excluding hydrogens is 512 g/mol. The highest BCUT2D eigenvalue weighted by Crippen LogP contribution is 2.66. The molecule has 2 nitrogen and oxygen atoms in total. The lowest BCUT2D eigenvalue weighted by Crippen LogP contribution is -2.41. The van der Waals surface area contributed by atoms with Crippen molar-refractivity contribution in [1.29, 1.82) is 0 Å². The van der Waals surface area contributed by atoms with Crippen LogP contribution in [0.3, 0.4) is 0 Å². The second-order valence-electron chi connectivity index (χ2n) is 15.0. The number of fused-ring (bicyclic) bond motifs is 2. The molecule has 2 heteroatoms. The summed E-state index contributed by atoms with van der Waals surface area (Å²) in [5, 5.41) is 0. The third kappa shape index (κ3) is 6.87. The maximum absolute atomic E-state index is 6.56. The Morgan fingerprint density at radius 3 is 1.88 bits per heavy atom. The van der Waals surface area contributed by atoms with Crippen molar-refractivity contribution in [3.63, 3.8) is 0 Å². The Morgan fingerprint density at radius 1 is 0.690 bits per heavy atom. The summed E-state index contributed by atoms with van der Waals surface area (Å²) in [4.78, 5) is 0. The predicted molar refractivity (Wildman–Crippen MR) is 180 cm³/mol. The van der Waals surface area contributed by atoms with Crippen LogP contribution in [0, 0.1) is 10.8 Å². The van der Waals surface area contributed by atoms with Gasteiger partial charge in [-0.3, -0.25) is 0 Å². The molecule has 2 heterocycles. The molecule has 3 fully saturated rings. The summed E-state index contributed by atoms with van der Waals surface area (Å²) in [7, 11) is 0. The van der Waals surface area contributed by atoms with Crippen molar-refractivity contribution in [2.45, 2.75) is 131 Å². The smallest absolute Gasteiger partial charge is 0.121 e. The van der Waals surface area contributed by atoms with Gasteiger partial charge in [-0.1, -0.05) is 111 Å². The van der Waals surface area contributed by atoms with Gasteiger partial charge in [0.2, 0.25) is 0 Å². The van der Waals surface area contributed by atoms with Crippen LogP contribution in [0.2, 0.25) is 0 Å². The molecule has 4 rings (SSSR count). The predicted octanol–water partition coefficient (Wildman–Crippen LogP) is 11.0. The van der Waals surface area contributed by atoms with Crippen LogP contribution in [-0.2, 0) is 9.47 Å². The van der Waals surface area contributed by atoms with Crippen LogP contribution in [-0.4, -0.2) is 22.9 Å². The Morgan fingerprint density at radius 2 is 1.26 bits per heavy atom. The summed E-state index contributed by atoms with van der Waals surface area (Å²) < 4.78 is 12.9. The maximum Gasteiger partial charge on any atom is 0.121 e. The van der Waals surface area contributed by atoms with Gasteiger partial charge < -0.3 is 9.47 Å². The van der Waals surface area contributed by atoms with Crippen molar-refractivity contribution in [2.24, 2.45) is 10.8 Å². The topological polar surface area (TPSA) is 21.8 Å². The average Bonchev–Trinajstić information content (AvgIpc) is 3.37. The highest BCUT2D eigenvalue weighted by molar-refractivity contribution is 5.38. The Labute approximate surface area is 257 Å². The van der Waals surface area contributed by atoms with Gasteiger partial charge in [0.15, 0.2) is 0 Å². The molecule has 0 spiro atoms. The largest absolute Gasteiger partial charge is 0.359 e. The van der Waals surface area contributed by atoms with Crippen molar-refractivity contribution in [1.82, 2.24) is 0 Å². The van der Waals surface area contributed by atoms with Crippen molar-refractivity contribution in [2.75, 3.05) is 0 Å². The Kier molecular flexibility index (Phi) is 9.51. The number of epoxide rings is 1. The lowest BCUT2D eigenvalue weighted by atomic mass is 9.64. The fourth-order valence-electron chi connectivity index (χ4n) is 7.61. The van der Waals surface area contributed by atoms with Crippen LogP contribution >= 0.6 is 0 Å². The zero-order valence-corrected chi connectivity index (χ0v) is 28.1. The van der Waals surface area contributed by atoms with Crippen LogP contribution in [0.15, 0.2) is 107 Å². The molecule has 0 aromatic heterocycles. The van der Waals surface area contributed by atoms with Crippen molar-refractivity contribution in [3.8, 4) is 0 Å². The summed E-state index contributed by atoms with van der Waals surface area (Å²) in [5.41, 5.74) is 6.66. The fourth-order valence-corrected chi connectivity index (χ4v) is 7.61. The van der Waals surface area contributed by atoms with Gasteiger partial charge in [0, 0.05) is 5.41 Å². The molecular formula is C40H56O2. The Hall–Kier alpha value is -2.42. The molecule has 0 radical (unpaired) electrons. The van der Waals surface area contributed by atoms with E-state index in [1.165, 1.54) is 53.5 Å². The van der Waals surface area contributed by atoms with Crippen molar-refractivity contribution >= 4 is 0 Å². The molecule has 0 amide bonds. The molecule has 0 aromatic carbocycles. The lowest BCUT2D eigenvalue weighted by molar-refractivity contribution is -0.0307. The SMILES string of the molecule is CC(/C=C/C=C(C)/C=C/[C@@]12O[C@]1(C)CCCC2(C)C)=C\C=C\C=C(C)\C=C\C=C(/C)C1C=C2C(C)(C)CCC[C@@]2(C)O1. The maximum atomic E-state index is 6.56. The van der Waals surface area contributed by atoms with E-state index in [0.29, 0.717) is 0 Å². The van der Waals surface area contributed by atoms with Gasteiger partial charge in [0.25, 0.3) is 0 Å². The van der Waals surface area contributed by atoms with Gasteiger partial charge in [-0.2, -0.15) is 0 Å². The molecule has 0 bridgehead atoms. The highest BCUT2D eigenvalue weighted by atomic mass is 16.6. The normalized spacial score (nSPS) is 35.4. The van der Waals surface area contributed by atoms with Gasteiger partial charge in [-0.15, -0.1) is 0 Å². The monoisotopic (exact) mass is 568 g/mol. The first-order valence-electron chi connectivity index (χ1n) is 16.1. The number of rotatable bonds is 9. The van der Waals surface area contributed by atoms with E-state index in [1.54, 1.807) is 0 Å². The van der Waals surface area contributed by atoms with Crippen LogP contribution in [0.5, 0.6) is 0 Å². The van der Waals surface area contributed by atoms with E-state index >= 15 is 0 Å². The molecule has 0 N–H and O–H groups in total. The summed E-state index contributed by atoms with van der Waals surface area (Å²) in [6.45, 7) is 22.6. The third-order valence-corrected chi connectivity index (χ3v) is 10.3. The van der Waals surface area contributed by atoms with E-state index in [9.17, 15) is 0 Å². The minimum absolute atomic E-state index is 0.0166.